The van der Waals surface area contributed by atoms with Gasteiger partial charge in [-0.15, -0.1) is 0 Å². The van der Waals surface area contributed by atoms with Gasteiger partial charge in [-0.3, -0.25) is 4.98 Å². The van der Waals surface area contributed by atoms with Crippen LogP contribution in [0.2, 0.25) is 0 Å². The van der Waals surface area contributed by atoms with Crippen molar-refractivity contribution < 1.29 is 0 Å². The van der Waals surface area contributed by atoms with E-state index in [1.54, 1.807) is 0 Å². The molecule has 1 aromatic heterocycles. The Morgan fingerprint density at radius 2 is 2.08 bits per heavy atom. The summed E-state index contributed by atoms with van der Waals surface area (Å²) in [5.41, 5.74) is 3.17. The molecule has 0 aliphatic heterocycles. The fraction of sp³-hybridized carbons (Fsp3) is 0.0833. The Labute approximate surface area is 78.1 Å². The van der Waals surface area contributed by atoms with Crippen molar-refractivity contribution in [2.24, 2.45) is 0 Å². The predicted molar refractivity (Wildman–Crippen MR) is 53.2 cm³/mol. The number of hydrogen-bond acceptors (Lipinski definition) is 1. The molecule has 0 aliphatic carbocycles. The number of aromatic nitrogens is 1. The van der Waals surface area contributed by atoms with Crippen molar-refractivity contribution in [2.75, 3.05) is 0 Å². The minimum atomic E-state index is 1.01. The second kappa shape index (κ2) is 3.40. The molecule has 0 amide bonds. The number of rotatable bonds is 1. The van der Waals surface area contributed by atoms with Crippen LogP contribution in [0.25, 0.3) is 11.3 Å². The molecule has 1 heterocycles. The second-order valence-corrected chi connectivity index (χ2v) is 2.96. The van der Waals surface area contributed by atoms with Crippen LogP contribution < -0.4 is 0 Å². The van der Waals surface area contributed by atoms with Crippen molar-refractivity contribution in [1.82, 2.24) is 4.98 Å². The van der Waals surface area contributed by atoms with Crippen molar-refractivity contribution in [3.63, 3.8) is 0 Å². The molecular formula is C12H10N. The van der Waals surface area contributed by atoms with Gasteiger partial charge in [0.1, 0.15) is 0 Å². The number of pyridine rings is 1. The first-order valence-electron chi connectivity index (χ1n) is 4.26. The van der Waals surface area contributed by atoms with Crippen LogP contribution in [0, 0.1) is 13.0 Å². The topological polar surface area (TPSA) is 12.9 Å². The number of aryl methyl sites for hydroxylation is 1. The van der Waals surface area contributed by atoms with Gasteiger partial charge in [0.05, 0.1) is 5.69 Å². The normalized spacial score (nSPS) is 9.92. The highest BCUT2D eigenvalue weighted by Gasteiger charge is 1.96. The monoisotopic (exact) mass is 168 g/mol. The highest BCUT2D eigenvalue weighted by Crippen LogP contribution is 2.15. The zero-order chi connectivity index (χ0) is 9.10. The van der Waals surface area contributed by atoms with Gasteiger partial charge >= 0.3 is 0 Å². The Kier molecular flexibility index (Phi) is 2.09. The van der Waals surface area contributed by atoms with E-state index >= 15 is 0 Å². The van der Waals surface area contributed by atoms with Crippen LogP contribution in [0.5, 0.6) is 0 Å². The van der Waals surface area contributed by atoms with Crippen LogP contribution in [0.4, 0.5) is 0 Å². The molecular weight excluding hydrogens is 158 g/mol. The average molecular weight is 168 g/mol. The Balaban J connectivity index is 2.48. The quantitative estimate of drug-likeness (QED) is 0.638. The molecule has 0 atom stereocenters. The summed E-state index contributed by atoms with van der Waals surface area (Å²) < 4.78 is 0. The molecule has 0 aliphatic rings. The zero-order valence-corrected chi connectivity index (χ0v) is 7.49. The molecule has 2 aromatic rings. The molecule has 1 radical (unpaired) electrons. The number of nitrogens with zero attached hydrogens (tertiary/aromatic N) is 1. The first-order chi connectivity index (χ1) is 6.36. The number of hydrogen-bond donors (Lipinski definition) is 0. The summed E-state index contributed by atoms with van der Waals surface area (Å²) in [6.45, 7) is 2.00. The molecule has 0 unspecified atom stereocenters. The molecule has 63 valence electrons. The van der Waals surface area contributed by atoms with Gasteiger partial charge in [-0.25, -0.2) is 0 Å². The molecule has 0 saturated carbocycles. The van der Waals surface area contributed by atoms with E-state index in [1.807, 2.05) is 49.4 Å². The zero-order valence-electron chi connectivity index (χ0n) is 7.49. The highest BCUT2D eigenvalue weighted by atomic mass is 14.7. The van der Waals surface area contributed by atoms with E-state index in [-0.39, 0.29) is 0 Å². The molecule has 2 rings (SSSR count). The van der Waals surface area contributed by atoms with E-state index in [9.17, 15) is 0 Å². The SMILES string of the molecule is Cc1cccc(-c2c[c]ccc2)n1. The minimum absolute atomic E-state index is 1.01. The first kappa shape index (κ1) is 7.99. The van der Waals surface area contributed by atoms with Crippen LogP contribution >= 0.6 is 0 Å². The van der Waals surface area contributed by atoms with Crippen LogP contribution in [0.1, 0.15) is 5.69 Å². The smallest absolute Gasteiger partial charge is 0.0705 e. The summed E-state index contributed by atoms with van der Waals surface area (Å²) in [6.07, 6.45) is 0. The van der Waals surface area contributed by atoms with Gasteiger partial charge in [0.15, 0.2) is 0 Å². The summed E-state index contributed by atoms with van der Waals surface area (Å²) in [6, 6.07) is 16.9. The van der Waals surface area contributed by atoms with Crippen molar-refractivity contribution in [3.8, 4) is 11.3 Å². The van der Waals surface area contributed by atoms with Gasteiger partial charge in [0.2, 0.25) is 0 Å². The standard InChI is InChI=1S/C12H10N/c1-10-6-5-9-12(13-10)11-7-3-2-4-8-11/h2-3,5-9H,1H3. The fourth-order valence-corrected chi connectivity index (χ4v) is 1.26. The van der Waals surface area contributed by atoms with E-state index in [0.29, 0.717) is 0 Å². The maximum absolute atomic E-state index is 4.42. The van der Waals surface area contributed by atoms with Crippen molar-refractivity contribution in [3.05, 3.63) is 54.2 Å². The third-order valence-corrected chi connectivity index (χ3v) is 1.89. The first-order valence-corrected chi connectivity index (χ1v) is 4.26. The van der Waals surface area contributed by atoms with Crippen LogP contribution in [-0.4, -0.2) is 4.98 Å². The molecule has 1 nitrogen and oxygen atoms in total. The Bertz CT molecular complexity index is 393. The lowest BCUT2D eigenvalue weighted by Gasteiger charge is -2.00. The minimum Gasteiger partial charge on any atom is -0.253 e. The highest BCUT2D eigenvalue weighted by molar-refractivity contribution is 5.58. The van der Waals surface area contributed by atoms with Crippen LogP contribution in [-0.2, 0) is 0 Å². The molecule has 1 aromatic carbocycles. The second-order valence-electron chi connectivity index (χ2n) is 2.96. The Morgan fingerprint density at radius 1 is 1.15 bits per heavy atom. The largest absolute Gasteiger partial charge is 0.253 e. The van der Waals surface area contributed by atoms with Gasteiger partial charge in [-0.2, -0.15) is 0 Å². The molecule has 0 fully saturated rings. The Morgan fingerprint density at radius 3 is 2.77 bits per heavy atom. The van der Waals surface area contributed by atoms with E-state index in [1.165, 1.54) is 0 Å². The Hall–Kier alpha value is -1.63. The van der Waals surface area contributed by atoms with Gasteiger partial charge < -0.3 is 0 Å². The summed E-state index contributed by atoms with van der Waals surface area (Å²) in [5, 5.41) is 0. The third kappa shape index (κ3) is 1.75. The molecule has 0 spiro atoms. The van der Waals surface area contributed by atoms with E-state index < -0.39 is 0 Å². The molecule has 1 heteroatoms. The van der Waals surface area contributed by atoms with Crippen LogP contribution in [0.15, 0.2) is 42.5 Å². The summed E-state index contributed by atoms with van der Waals surface area (Å²) in [7, 11) is 0. The van der Waals surface area contributed by atoms with Crippen molar-refractivity contribution in [2.45, 2.75) is 6.92 Å². The lowest BCUT2D eigenvalue weighted by molar-refractivity contribution is 1.20. The third-order valence-electron chi connectivity index (χ3n) is 1.89. The lowest BCUT2D eigenvalue weighted by atomic mass is 10.1. The molecule has 0 N–H and O–H groups in total. The maximum atomic E-state index is 4.42. The van der Waals surface area contributed by atoms with Crippen molar-refractivity contribution >= 4 is 0 Å². The molecule has 13 heavy (non-hydrogen) atoms. The fourth-order valence-electron chi connectivity index (χ4n) is 1.26. The van der Waals surface area contributed by atoms with E-state index in [2.05, 4.69) is 11.1 Å². The van der Waals surface area contributed by atoms with Gasteiger partial charge in [0, 0.05) is 11.3 Å². The molecule has 0 saturated heterocycles. The summed E-state index contributed by atoms with van der Waals surface area (Å²) in [4.78, 5) is 4.42. The van der Waals surface area contributed by atoms with Gasteiger partial charge in [-0.1, -0.05) is 24.3 Å². The molecule has 0 bridgehead atoms. The average Bonchev–Trinajstić information content (AvgIpc) is 2.19. The van der Waals surface area contributed by atoms with Crippen LogP contribution in [0.3, 0.4) is 0 Å². The summed E-state index contributed by atoms with van der Waals surface area (Å²) >= 11 is 0. The summed E-state index contributed by atoms with van der Waals surface area (Å²) in [5.74, 6) is 0. The van der Waals surface area contributed by atoms with Crippen molar-refractivity contribution in [1.29, 1.82) is 0 Å². The maximum Gasteiger partial charge on any atom is 0.0705 e. The van der Waals surface area contributed by atoms with E-state index in [0.717, 1.165) is 17.0 Å². The predicted octanol–water partition coefficient (Wildman–Crippen LogP) is 2.86. The number of benzene rings is 1. The van der Waals surface area contributed by atoms with E-state index in [4.69, 9.17) is 0 Å². The van der Waals surface area contributed by atoms with Gasteiger partial charge in [-0.05, 0) is 31.2 Å². The lowest BCUT2D eigenvalue weighted by Crippen LogP contribution is -1.84. The van der Waals surface area contributed by atoms with Gasteiger partial charge in [0.25, 0.3) is 0 Å².